The number of tetrazole rings is 1. The maximum absolute atomic E-state index is 12.8. The van der Waals surface area contributed by atoms with Crippen molar-refractivity contribution in [2.45, 2.75) is 31.7 Å². The Labute approximate surface area is 144 Å². The van der Waals surface area contributed by atoms with Crippen molar-refractivity contribution in [2.24, 2.45) is 0 Å². The lowest BCUT2D eigenvalue weighted by molar-refractivity contribution is 0.0248. The van der Waals surface area contributed by atoms with Crippen molar-refractivity contribution in [3.63, 3.8) is 0 Å². The van der Waals surface area contributed by atoms with Crippen LogP contribution in [0.3, 0.4) is 0 Å². The SMILES string of the molecule is CN(C)N(C(=O)n1nnn(-c2ccccc2Cl)c1=O)C1CCCC1. The molecule has 1 aliphatic carbocycles. The monoisotopic (exact) mass is 350 g/mol. The lowest BCUT2D eigenvalue weighted by Crippen LogP contribution is -2.52. The Morgan fingerprint density at radius 3 is 2.50 bits per heavy atom. The zero-order valence-electron chi connectivity index (χ0n) is 13.6. The maximum atomic E-state index is 12.8. The second-order valence-electron chi connectivity index (χ2n) is 5.95. The van der Waals surface area contributed by atoms with Crippen LogP contribution in [0.25, 0.3) is 5.69 Å². The van der Waals surface area contributed by atoms with E-state index in [2.05, 4.69) is 10.4 Å². The highest BCUT2D eigenvalue weighted by Crippen LogP contribution is 2.24. The van der Waals surface area contributed by atoms with Crippen LogP contribution in [0.15, 0.2) is 29.1 Å². The Balaban J connectivity index is 1.96. The Bertz CT molecular complexity index is 793. The normalized spacial score (nSPS) is 15.2. The molecule has 1 amide bonds. The molecule has 1 aromatic heterocycles. The molecule has 0 atom stereocenters. The van der Waals surface area contributed by atoms with Gasteiger partial charge in [-0.15, -0.1) is 4.68 Å². The van der Waals surface area contributed by atoms with Gasteiger partial charge in [-0.1, -0.05) is 36.6 Å². The van der Waals surface area contributed by atoms with Crippen molar-refractivity contribution in [1.29, 1.82) is 0 Å². The van der Waals surface area contributed by atoms with Gasteiger partial charge in [0.15, 0.2) is 0 Å². The molecule has 0 aliphatic heterocycles. The summed E-state index contributed by atoms with van der Waals surface area (Å²) in [6.07, 6.45) is 3.97. The van der Waals surface area contributed by atoms with Crippen molar-refractivity contribution >= 4 is 17.6 Å². The van der Waals surface area contributed by atoms with Crippen molar-refractivity contribution in [3.05, 3.63) is 39.8 Å². The third kappa shape index (κ3) is 2.94. The van der Waals surface area contributed by atoms with E-state index in [1.807, 2.05) is 0 Å². The number of hydrogen-bond acceptors (Lipinski definition) is 5. The van der Waals surface area contributed by atoms with E-state index in [0.29, 0.717) is 10.7 Å². The molecule has 2 aromatic rings. The van der Waals surface area contributed by atoms with Crippen LogP contribution in [0.2, 0.25) is 5.02 Å². The van der Waals surface area contributed by atoms with Crippen molar-refractivity contribution in [2.75, 3.05) is 14.1 Å². The number of hydrazine groups is 1. The second kappa shape index (κ2) is 6.74. The van der Waals surface area contributed by atoms with E-state index in [9.17, 15) is 9.59 Å². The summed E-state index contributed by atoms with van der Waals surface area (Å²) >= 11 is 6.10. The molecular formula is C15H19ClN6O2. The Morgan fingerprint density at radius 1 is 1.21 bits per heavy atom. The van der Waals surface area contributed by atoms with E-state index in [-0.39, 0.29) is 6.04 Å². The predicted molar refractivity (Wildman–Crippen MR) is 89.2 cm³/mol. The molecule has 1 saturated carbocycles. The minimum Gasteiger partial charge on any atom is -0.252 e. The van der Waals surface area contributed by atoms with Crippen molar-refractivity contribution < 1.29 is 4.79 Å². The standard InChI is InChI=1S/C15H19ClN6O2/c1-19(2)22(11-7-3-4-8-11)15(24)21-14(23)20(17-18-21)13-10-6-5-9-12(13)16/h5-6,9-11H,3-4,7-8H2,1-2H3. The van der Waals surface area contributed by atoms with E-state index in [0.717, 1.165) is 35.0 Å². The van der Waals surface area contributed by atoms with Gasteiger partial charge in [0.05, 0.1) is 16.8 Å². The topological polar surface area (TPSA) is 76.3 Å². The van der Waals surface area contributed by atoms with Gasteiger partial charge in [-0.25, -0.2) is 14.6 Å². The third-order valence-electron chi connectivity index (χ3n) is 4.14. The van der Waals surface area contributed by atoms with Crippen molar-refractivity contribution in [1.82, 2.24) is 29.8 Å². The molecule has 1 aromatic carbocycles. The zero-order chi connectivity index (χ0) is 17.3. The third-order valence-corrected chi connectivity index (χ3v) is 4.46. The molecule has 8 nitrogen and oxygen atoms in total. The molecule has 128 valence electrons. The average Bonchev–Trinajstić information content (AvgIpc) is 3.18. The van der Waals surface area contributed by atoms with E-state index in [4.69, 9.17) is 11.6 Å². The number of benzene rings is 1. The van der Waals surface area contributed by atoms with Crippen LogP contribution in [-0.4, -0.2) is 56.0 Å². The van der Waals surface area contributed by atoms with Crippen LogP contribution in [-0.2, 0) is 0 Å². The lowest BCUT2D eigenvalue weighted by Gasteiger charge is -2.33. The molecule has 1 aliphatic rings. The molecular weight excluding hydrogens is 332 g/mol. The lowest BCUT2D eigenvalue weighted by atomic mass is 10.2. The first-order valence-electron chi connectivity index (χ1n) is 7.81. The number of rotatable bonds is 3. The summed E-state index contributed by atoms with van der Waals surface area (Å²) in [5, 5.41) is 11.2. The molecule has 0 bridgehead atoms. The van der Waals surface area contributed by atoms with Gasteiger partial charge in [0.1, 0.15) is 0 Å². The summed E-state index contributed by atoms with van der Waals surface area (Å²) in [5.41, 5.74) is -0.251. The van der Waals surface area contributed by atoms with Gasteiger partial charge < -0.3 is 0 Å². The number of carbonyl (C=O) groups is 1. The molecule has 0 saturated heterocycles. The first kappa shape index (κ1) is 16.7. The second-order valence-corrected chi connectivity index (χ2v) is 6.36. The van der Waals surface area contributed by atoms with Gasteiger partial charge in [-0.2, -0.15) is 4.68 Å². The highest BCUT2D eigenvalue weighted by atomic mass is 35.5. The Kier molecular flexibility index (Phi) is 4.68. The fourth-order valence-electron chi connectivity index (χ4n) is 3.04. The highest BCUT2D eigenvalue weighted by Gasteiger charge is 2.31. The van der Waals surface area contributed by atoms with Crippen LogP contribution in [0, 0.1) is 0 Å². The summed E-state index contributed by atoms with van der Waals surface area (Å²) in [7, 11) is 3.56. The molecule has 9 heteroatoms. The van der Waals surface area contributed by atoms with Crippen LogP contribution in [0.1, 0.15) is 25.7 Å². The van der Waals surface area contributed by atoms with Gasteiger partial charge in [-0.3, -0.25) is 5.01 Å². The number of carbonyl (C=O) groups excluding carboxylic acids is 1. The Morgan fingerprint density at radius 2 is 1.88 bits per heavy atom. The summed E-state index contributed by atoms with van der Waals surface area (Å²) in [6, 6.07) is 6.35. The molecule has 0 spiro atoms. The van der Waals surface area contributed by atoms with Crippen LogP contribution in [0.5, 0.6) is 0 Å². The first-order chi connectivity index (χ1) is 11.5. The number of aromatic nitrogens is 4. The maximum Gasteiger partial charge on any atom is 0.377 e. The Hall–Kier alpha value is -2.19. The van der Waals surface area contributed by atoms with E-state index in [1.165, 1.54) is 0 Å². The highest BCUT2D eigenvalue weighted by molar-refractivity contribution is 6.32. The smallest absolute Gasteiger partial charge is 0.252 e. The van der Waals surface area contributed by atoms with Gasteiger partial charge in [0, 0.05) is 14.1 Å². The molecule has 24 heavy (non-hydrogen) atoms. The zero-order valence-corrected chi connectivity index (χ0v) is 14.3. The van der Waals surface area contributed by atoms with Gasteiger partial charge in [-0.05, 0) is 35.4 Å². The largest absolute Gasteiger partial charge is 0.377 e. The van der Waals surface area contributed by atoms with Crippen LogP contribution < -0.4 is 5.69 Å². The van der Waals surface area contributed by atoms with Crippen LogP contribution in [0.4, 0.5) is 4.79 Å². The van der Waals surface area contributed by atoms with E-state index >= 15 is 0 Å². The summed E-state index contributed by atoms with van der Waals surface area (Å²) in [6.45, 7) is 0. The number of hydrogen-bond donors (Lipinski definition) is 0. The molecule has 0 radical (unpaired) electrons. The number of amides is 1. The minimum atomic E-state index is -0.641. The number of halogens is 1. The summed E-state index contributed by atoms with van der Waals surface area (Å²) in [5.74, 6) is 0. The quantitative estimate of drug-likeness (QED) is 0.623. The van der Waals surface area contributed by atoms with E-state index in [1.54, 1.807) is 48.4 Å². The summed E-state index contributed by atoms with van der Waals surface area (Å²) < 4.78 is 1.81. The molecule has 1 heterocycles. The van der Waals surface area contributed by atoms with Gasteiger partial charge in [0.2, 0.25) is 0 Å². The van der Waals surface area contributed by atoms with Crippen molar-refractivity contribution in [3.8, 4) is 5.69 Å². The van der Waals surface area contributed by atoms with E-state index < -0.39 is 11.7 Å². The fraction of sp³-hybridized carbons (Fsp3) is 0.467. The number of nitrogens with zero attached hydrogens (tertiary/aromatic N) is 6. The average molecular weight is 351 g/mol. The first-order valence-corrected chi connectivity index (χ1v) is 8.19. The molecule has 1 fully saturated rings. The molecule has 3 rings (SSSR count). The predicted octanol–water partition coefficient (Wildman–Crippen LogP) is 1.77. The van der Waals surface area contributed by atoms with Gasteiger partial charge in [0.25, 0.3) is 0 Å². The molecule has 0 unspecified atom stereocenters. The minimum absolute atomic E-state index is 0.0739. The molecule has 0 N–H and O–H groups in total. The van der Waals surface area contributed by atoms with Gasteiger partial charge >= 0.3 is 11.7 Å². The number of para-hydroxylation sites is 1. The van der Waals surface area contributed by atoms with Crippen LogP contribution >= 0.6 is 11.6 Å². The fourth-order valence-corrected chi connectivity index (χ4v) is 3.26. The summed E-state index contributed by atoms with van der Waals surface area (Å²) in [4.78, 5) is 25.4.